The maximum atomic E-state index is 13.6. The van der Waals surface area contributed by atoms with E-state index in [0.29, 0.717) is 23.8 Å². The lowest BCUT2D eigenvalue weighted by atomic mass is 9.63. The van der Waals surface area contributed by atoms with Crippen molar-refractivity contribution in [2.45, 2.75) is 76.2 Å². The molecule has 4 atom stereocenters. The van der Waals surface area contributed by atoms with Crippen molar-refractivity contribution in [3.8, 4) is 0 Å². The van der Waals surface area contributed by atoms with Crippen molar-refractivity contribution in [3.05, 3.63) is 47.5 Å². The van der Waals surface area contributed by atoms with E-state index in [1.807, 2.05) is 6.21 Å². The molecule has 0 saturated heterocycles. The van der Waals surface area contributed by atoms with Crippen LogP contribution >= 0.6 is 0 Å². The van der Waals surface area contributed by atoms with Crippen LogP contribution in [0.4, 0.5) is 0 Å². The number of hydrogen-bond donors (Lipinski definition) is 1. The highest BCUT2D eigenvalue weighted by molar-refractivity contribution is 5.92. The summed E-state index contributed by atoms with van der Waals surface area (Å²) in [6.07, 6.45) is 14.1. The number of benzene rings is 1. The molecule has 0 heterocycles. The molecule has 2 N–H and O–H groups in total. The minimum atomic E-state index is -0.263. The van der Waals surface area contributed by atoms with Gasteiger partial charge in [0.1, 0.15) is 0 Å². The van der Waals surface area contributed by atoms with Crippen molar-refractivity contribution in [1.82, 2.24) is 0 Å². The molecule has 4 unspecified atom stereocenters. The van der Waals surface area contributed by atoms with Crippen LogP contribution < -0.4 is 5.73 Å². The Balaban J connectivity index is 1.44. The first-order chi connectivity index (χ1) is 14.1. The highest BCUT2D eigenvalue weighted by Gasteiger charge is 2.69. The summed E-state index contributed by atoms with van der Waals surface area (Å²) in [7, 11) is 0. The van der Waals surface area contributed by atoms with E-state index in [2.05, 4.69) is 48.3 Å². The summed E-state index contributed by atoms with van der Waals surface area (Å²) < 4.78 is 0. The van der Waals surface area contributed by atoms with E-state index in [9.17, 15) is 4.79 Å². The summed E-state index contributed by atoms with van der Waals surface area (Å²) in [4.78, 5) is 18.2. The van der Waals surface area contributed by atoms with Gasteiger partial charge in [0.2, 0.25) is 0 Å². The normalized spacial score (nSPS) is 42.2. The van der Waals surface area contributed by atoms with Crippen LogP contribution in [0.25, 0.3) is 0 Å². The summed E-state index contributed by atoms with van der Waals surface area (Å²) >= 11 is 0. The molecule has 3 nitrogen and oxygen atoms in total. The zero-order chi connectivity index (χ0) is 20.1. The van der Waals surface area contributed by atoms with Crippen LogP contribution in [0.15, 0.2) is 47.0 Å². The largest absolute Gasteiger partial charge is 0.328 e. The molecule has 3 heteroatoms. The minimum absolute atomic E-state index is 0.166. The van der Waals surface area contributed by atoms with Gasteiger partial charge in [0, 0.05) is 12.3 Å². The number of hydrogen-bond acceptors (Lipinski definition) is 2. The molecule has 6 rings (SSSR count). The quantitative estimate of drug-likeness (QED) is 0.568. The molecule has 0 aromatic heterocycles. The summed E-state index contributed by atoms with van der Waals surface area (Å²) in [6.45, 7) is 2.22. The number of rotatable bonds is 4. The lowest BCUT2D eigenvalue weighted by Crippen LogP contribution is -2.37. The molecule has 0 radical (unpaired) electrons. The predicted octanol–water partition coefficient (Wildman–Crippen LogP) is 5.20. The van der Waals surface area contributed by atoms with E-state index in [1.54, 1.807) is 5.57 Å². The number of aliphatic imine (C=N–C) groups is 1. The summed E-state index contributed by atoms with van der Waals surface area (Å²) in [5.41, 5.74) is 8.95. The van der Waals surface area contributed by atoms with E-state index in [1.165, 1.54) is 12.0 Å². The van der Waals surface area contributed by atoms with Gasteiger partial charge in [-0.2, -0.15) is 0 Å². The topological polar surface area (TPSA) is 55.5 Å². The first-order valence-corrected chi connectivity index (χ1v) is 11.7. The molecule has 0 aliphatic heterocycles. The molecule has 0 spiro atoms. The second kappa shape index (κ2) is 7.19. The van der Waals surface area contributed by atoms with Gasteiger partial charge >= 0.3 is 0 Å². The van der Waals surface area contributed by atoms with E-state index < -0.39 is 0 Å². The Labute approximate surface area is 174 Å². The molecular weight excluding hydrogens is 356 g/mol. The molecular formula is C26H34N2O. The molecule has 29 heavy (non-hydrogen) atoms. The van der Waals surface area contributed by atoms with E-state index in [-0.39, 0.29) is 16.7 Å². The fourth-order valence-electron chi connectivity index (χ4n) is 7.28. The standard InChI is InChI=1S/C26H34N2O/c1-2-6-22-19-13-25(20-7-4-3-5-8-20)15-23(22)26(14-19,17-25)24(29)28-16-18-9-11-21(27)12-10-18/h3-8,16,18-19,21,23H,2,9-15,17,27H2,1H3/b22-6-,28-16+. The number of nitrogens with zero attached hydrogens (tertiary/aromatic N) is 1. The molecule has 4 bridgehead atoms. The molecule has 154 valence electrons. The van der Waals surface area contributed by atoms with Crippen LogP contribution in [0.5, 0.6) is 0 Å². The van der Waals surface area contributed by atoms with Crippen molar-refractivity contribution in [3.63, 3.8) is 0 Å². The Hall–Kier alpha value is -1.74. The Morgan fingerprint density at radius 1 is 1.14 bits per heavy atom. The van der Waals surface area contributed by atoms with Gasteiger partial charge in [0.15, 0.2) is 0 Å². The number of allylic oxidation sites excluding steroid dienone is 2. The van der Waals surface area contributed by atoms with Gasteiger partial charge in [-0.1, -0.05) is 48.9 Å². The second-order valence-electron chi connectivity index (χ2n) is 10.2. The van der Waals surface area contributed by atoms with Crippen molar-refractivity contribution in [2.75, 3.05) is 0 Å². The van der Waals surface area contributed by atoms with Crippen molar-refractivity contribution in [2.24, 2.45) is 33.9 Å². The van der Waals surface area contributed by atoms with Crippen molar-refractivity contribution < 1.29 is 4.79 Å². The van der Waals surface area contributed by atoms with E-state index >= 15 is 0 Å². The fraction of sp³-hybridized carbons (Fsp3) is 0.615. The smallest absolute Gasteiger partial charge is 0.252 e. The van der Waals surface area contributed by atoms with Gasteiger partial charge in [-0.3, -0.25) is 4.79 Å². The number of nitrogens with two attached hydrogens (primary N) is 1. The minimum Gasteiger partial charge on any atom is -0.328 e. The van der Waals surface area contributed by atoms with E-state index in [0.717, 1.165) is 51.4 Å². The number of amides is 1. The first-order valence-electron chi connectivity index (χ1n) is 11.7. The van der Waals surface area contributed by atoms with Crippen LogP contribution in [0.1, 0.15) is 70.3 Å². The highest BCUT2D eigenvalue weighted by atomic mass is 16.1. The molecule has 1 aromatic rings. The lowest BCUT2D eigenvalue weighted by Gasteiger charge is -2.41. The molecule has 5 aliphatic rings. The molecule has 1 aromatic carbocycles. The first kappa shape index (κ1) is 19.2. The molecule has 5 fully saturated rings. The average molecular weight is 391 g/mol. The van der Waals surface area contributed by atoms with Gasteiger partial charge < -0.3 is 5.73 Å². The van der Waals surface area contributed by atoms with Crippen LogP contribution in [-0.2, 0) is 10.2 Å². The summed E-state index contributed by atoms with van der Waals surface area (Å²) in [6, 6.07) is 11.3. The third-order valence-electron chi connectivity index (χ3n) is 8.51. The lowest BCUT2D eigenvalue weighted by molar-refractivity contribution is -0.129. The van der Waals surface area contributed by atoms with Gasteiger partial charge in [-0.15, -0.1) is 0 Å². The zero-order valence-electron chi connectivity index (χ0n) is 17.6. The van der Waals surface area contributed by atoms with Gasteiger partial charge in [-0.05, 0) is 86.5 Å². The van der Waals surface area contributed by atoms with Crippen LogP contribution in [0.2, 0.25) is 0 Å². The SMILES string of the molecule is CC/C=C1/C2CC3(c4ccccc4)CC1C(C(=O)/N=C/C1CCC(N)CC1)(C2)C3. The van der Waals surface area contributed by atoms with Gasteiger partial charge in [-0.25, -0.2) is 4.99 Å². The predicted molar refractivity (Wildman–Crippen MR) is 118 cm³/mol. The zero-order valence-corrected chi connectivity index (χ0v) is 17.6. The Bertz CT molecular complexity index is 836. The van der Waals surface area contributed by atoms with Gasteiger partial charge in [0.25, 0.3) is 5.91 Å². The Morgan fingerprint density at radius 3 is 2.62 bits per heavy atom. The van der Waals surface area contributed by atoms with E-state index in [4.69, 9.17) is 5.73 Å². The summed E-state index contributed by atoms with van der Waals surface area (Å²) in [5, 5.41) is 0. The highest BCUT2D eigenvalue weighted by Crippen LogP contribution is 2.72. The van der Waals surface area contributed by atoms with Crippen molar-refractivity contribution >= 4 is 12.1 Å². The maximum absolute atomic E-state index is 13.6. The fourth-order valence-corrected chi connectivity index (χ4v) is 7.28. The Morgan fingerprint density at radius 2 is 1.90 bits per heavy atom. The van der Waals surface area contributed by atoms with Crippen LogP contribution in [0, 0.1) is 23.2 Å². The third kappa shape index (κ3) is 3.04. The molecule has 5 saturated carbocycles. The maximum Gasteiger partial charge on any atom is 0.252 e. The van der Waals surface area contributed by atoms with Crippen LogP contribution in [-0.4, -0.2) is 18.2 Å². The number of carbonyl (C=O) groups excluding carboxylic acids is 1. The van der Waals surface area contributed by atoms with Crippen molar-refractivity contribution in [1.29, 1.82) is 0 Å². The average Bonchev–Trinajstić information content (AvgIpc) is 3.11. The monoisotopic (exact) mass is 390 g/mol. The Kier molecular flexibility index (Phi) is 4.77. The molecule has 5 aliphatic carbocycles. The second-order valence-corrected chi connectivity index (χ2v) is 10.2. The van der Waals surface area contributed by atoms with Crippen LogP contribution in [0.3, 0.4) is 0 Å². The molecule has 1 amide bonds. The number of carbonyl (C=O) groups is 1. The third-order valence-corrected chi connectivity index (χ3v) is 8.51. The summed E-state index contributed by atoms with van der Waals surface area (Å²) in [5.74, 6) is 1.55. The van der Waals surface area contributed by atoms with Gasteiger partial charge in [0.05, 0.1) is 5.41 Å².